The molecule has 1 saturated heterocycles. The summed E-state index contributed by atoms with van der Waals surface area (Å²) in [6, 6.07) is 6.34. The largest absolute Gasteiger partial charge is 0.322 e. The summed E-state index contributed by atoms with van der Waals surface area (Å²) >= 11 is 0. The van der Waals surface area contributed by atoms with Crippen LogP contribution in [0.15, 0.2) is 24.5 Å². The molecule has 1 unspecified atom stereocenters. The fourth-order valence-electron chi connectivity index (χ4n) is 3.77. The summed E-state index contributed by atoms with van der Waals surface area (Å²) in [7, 11) is 1.85. The molecule has 0 spiro atoms. The van der Waals surface area contributed by atoms with Gasteiger partial charge in [-0.1, -0.05) is 6.07 Å². The molecule has 120 valence electrons. The van der Waals surface area contributed by atoms with Gasteiger partial charge in [-0.2, -0.15) is 5.10 Å². The van der Waals surface area contributed by atoms with E-state index in [1.807, 2.05) is 37.1 Å². The molecular formula is C17H21N5O. The van der Waals surface area contributed by atoms with E-state index in [0.717, 1.165) is 29.8 Å². The molecule has 2 amide bonds. The van der Waals surface area contributed by atoms with Gasteiger partial charge in [0.1, 0.15) is 6.33 Å². The quantitative estimate of drug-likeness (QED) is 0.927. The summed E-state index contributed by atoms with van der Waals surface area (Å²) in [6.07, 6.45) is 5.27. The number of urea groups is 1. The van der Waals surface area contributed by atoms with Crippen molar-refractivity contribution in [3.63, 3.8) is 0 Å². The summed E-state index contributed by atoms with van der Waals surface area (Å²) in [4.78, 5) is 18.8. The number of fused-ring (bicyclic) bond motifs is 2. The molecule has 2 fully saturated rings. The Hall–Kier alpha value is -2.37. The normalized spacial score (nSPS) is 22.6. The van der Waals surface area contributed by atoms with Gasteiger partial charge in [0.25, 0.3) is 0 Å². The number of likely N-dealkylation sites (tertiary alicyclic amines) is 1. The standard InChI is InChI=1S/C17H21N5O/c1-11-3-5-13(8-15(11)16-18-10-21(2)20-16)19-17(23)22-9-12-4-6-14(22)7-12/h3,5,8,10,12,14H,4,6-7,9H2,1-2H3,(H,19,23)/t12-,14?/m0/s1. The van der Waals surface area contributed by atoms with Gasteiger partial charge in [0.05, 0.1) is 0 Å². The summed E-state index contributed by atoms with van der Waals surface area (Å²) in [5, 5.41) is 7.39. The first kappa shape index (κ1) is 14.2. The highest BCUT2D eigenvalue weighted by Crippen LogP contribution is 2.37. The molecule has 4 rings (SSSR count). The minimum absolute atomic E-state index is 0.0148. The third-order valence-electron chi connectivity index (χ3n) is 5.00. The molecule has 1 aliphatic carbocycles. The van der Waals surface area contributed by atoms with Crippen molar-refractivity contribution in [1.29, 1.82) is 0 Å². The Morgan fingerprint density at radius 1 is 1.35 bits per heavy atom. The highest BCUT2D eigenvalue weighted by Gasteiger charge is 2.40. The van der Waals surface area contributed by atoms with Gasteiger partial charge in [-0.25, -0.2) is 9.78 Å². The van der Waals surface area contributed by atoms with E-state index in [4.69, 9.17) is 0 Å². The number of amides is 2. The number of rotatable bonds is 2. The van der Waals surface area contributed by atoms with E-state index in [0.29, 0.717) is 17.8 Å². The number of nitrogens with zero attached hydrogens (tertiary/aromatic N) is 4. The minimum Gasteiger partial charge on any atom is -0.321 e. The molecule has 1 N–H and O–H groups in total. The SMILES string of the molecule is Cc1ccc(NC(=O)N2C[C@H]3CCC2C3)cc1-c1ncn(C)n1. The average molecular weight is 311 g/mol. The number of benzene rings is 1. The number of carbonyl (C=O) groups is 1. The van der Waals surface area contributed by atoms with Crippen LogP contribution in [0.1, 0.15) is 24.8 Å². The molecule has 6 nitrogen and oxygen atoms in total. The minimum atomic E-state index is 0.0148. The topological polar surface area (TPSA) is 63.1 Å². The number of aryl methyl sites for hydroxylation is 2. The number of anilines is 1. The van der Waals surface area contributed by atoms with Gasteiger partial charge >= 0.3 is 6.03 Å². The number of piperidine rings is 1. The van der Waals surface area contributed by atoms with Gasteiger partial charge in [-0.05, 0) is 49.8 Å². The molecule has 6 heteroatoms. The van der Waals surface area contributed by atoms with Gasteiger partial charge in [-0.15, -0.1) is 0 Å². The summed E-state index contributed by atoms with van der Waals surface area (Å²) in [6.45, 7) is 2.92. The van der Waals surface area contributed by atoms with Crippen molar-refractivity contribution in [3.8, 4) is 11.4 Å². The number of hydrogen-bond donors (Lipinski definition) is 1. The third kappa shape index (κ3) is 2.58. The first-order valence-electron chi connectivity index (χ1n) is 8.14. The van der Waals surface area contributed by atoms with Crippen LogP contribution in [0.2, 0.25) is 0 Å². The lowest BCUT2D eigenvalue weighted by atomic mass is 10.1. The van der Waals surface area contributed by atoms with Crippen molar-refractivity contribution in [2.24, 2.45) is 13.0 Å². The summed E-state index contributed by atoms with van der Waals surface area (Å²) in [5.74, 6) is 1.39. The second-order valence-corrected chi connectivity index (χ2v) is 6.69. The van der Waals surface area contributed by atoms with Gasteiger partial charge in [0, 0.05) is 30.9 Å². The van der Waals surface area contributed by atoms with Gasteiger partial charge in [0.2, 0.25) is 0 Å². The molecule has 2 aromatic rings. The van der Waals surface area contributed by atoms with Crippen LogP contribution < -0.4 is 5.32 Å². The van der Waals surface area contributed by atoms with E-state index in [1.165, 1.54) is 12.8 Å². The highest BCUT2D eigenvalue weighted by atomic mass is 16.2. The Labute approximate surface area is 135 Å². The summed E-state index contributed by atoms with van der Waals surface area (Å²) in [5.41, 5.74) is 2.84. The summed E-state index contributed by atoms with van der Waals surface area (Å²) < 4.78 is 1.68. The number of carbonyl (C=O) groups excluding carboxylic acids is 1. The van der Waals surface area contributed by atoms with Crippen molar-refractivity contribution >= 4 is 11.7 Å². The maximum absolute atomic E-state index is 12.5. The van der Waals surface area contributed by atoms with Gasteiger partial charge in [0.15, 0.2) is 5.82 Å². The fraction of sp³-hybridized carbons (Fsp3) is 0.471. The van der Waals surface area contributed by atoms with Crippen LogP contribution in [0.25, 0.3) is 11.4 Å². The van der Waals surface area contributed by atoms with E-state index in [-0.39, 0.29) is 6.03 Å². The van der Waals surface area contributed by atoms with Crippen LogP contribution >= 0.6 is 0 Å². The van der Waals surface area contributed by atoms with Crippen molar-refractivity contribution in [2.75, 3.05) is 11.9 Å². The zero-order valence-electron chi connectivity index (χ0n) is 13.5. The van der Waals surface area contributed by atoms with Crippen molar-refractivity contribution in [3.05, 3.63) is 30.1 Å². The molecule has 1 saturated carbocycles. The maximum Gasteiger partial charge on any atom is 0.322 e. The maximum atomic E-state index is 12.5. The highest BCUT2D eigenvalue weighted by molar-refractivity contribution is 5.90. The Bertz CT molecular complexity index is 753. The number of hydrogen-bond acceptors (Lipinski definition) is 3. The van der Waals surface area contributed by atoms with E-state index in [1.54, 1.807) is 11.0 Å². The Balaban J connectivity index is 1.54. The number of nitrogens with one attached hydrogen (secondary N) is 1. The van der Waals surface area contributed by atoms with Crippen molar-refractivity contribution < 1.29 is 4.79 Å². The smallest absolute Gasteiger partial charge is 0.321 e. The first-order chi connectivity index (χ1) is 11.1. The van der Waals surface area contributed by atoms with Crippen LogP contribution in [-0.4, -0.2) is 38.3 Å². The van der Waals surface area contributed by atoms with Gasteiger partial charge < -0.3 is 10.2 Å². The molecule has 0 radical (unpaired) electrons. The van der Waals surface area contributed by atoms with Crippen LogP contribution in [0.4, 0.5) is 10.5 Å². The second-order valence-electron chi connectivity index (χ2n) is 6.69. The fourth-order valence-corrected chi connectivity index (χ4v) is 3.77. The lowest BCUT2D eigenvalue weighted by Gasteiger charge is -2.27. The van der Waals surface area contributed by atoms with Crippen LogP contribution in [0.3, 0.4) is 0 Å². The monoisotopic (exact) mass is 311 g/mol. The van der Waals surface area contributed by atoms with Gasteiger partial charge in [-0.3, -0.25) is 4.68 Å². The molecular weight excluding hydrogens is 290 g/mol. The van der Waals surface area contributed by atoms with Crippen molar-refractivity contribution in [2.45, 2.75) is 32.2 Å². The van der Waals surface area contributed by atoms with Crippen LogP contribution in [-0.2, 0) is 7.05 Å². The lowest BCUT2D eigenvalue weighted by molar-refractivity contribution is 0.194. The average Bonchev–Trinajstić information content (AvgIpc) is 3.25. The molecule has 1 aliphatic heterocycles. The molecule has 2 atom stereocenters. The van der Waals surface area contributed by atoms with Crippen LogP contribution in [0.5, 0.6) is 0 Å². The zero-order chi connectivity index (χ0) is 16.0. The molecule has 23 heavy (non-hydrogen) atoms. The Morgan fingerprint density at radius 2 is 2.22 bits per heavy atom. The lowest BCUT2D eigenvalue weighted by Crippen LogP contribution is -2.40. The molecule has 2 aliphatic rings. The molecule has 1 aromatic carbocycles. The Kier molecular flexibility index (Phi) is 3.32. The first-order valence-corrected chi connectivity index (χ1v) is 8.14. The zero-order valence-corrected chi connectivity index (χ0v) is 13.5. The third-order valence-corrected chi connectivity index (χ3v) is 5.00. The van der Waals surface area contributed by atoms with E-state index < -0.39 is 0 Å². The molecule has 1 aromatic heterocycles. The molecule has 2 bridgehead atoms. The molecule has 2 heterocycles. The predicted octanol–water partition coefficient (Wildman–Crippen LogP) is 2.81. The second kappa shape index (κ2) is 5.37. The Morgan fingerprint density at radius 3 is 2.87 bits per heavy atom. The van der Waals surface area contributed by atoms with Crippen molar-refractivity contribution in [1.82, 2.24) is 19.7 Å². The van der Waals surface area contributed by atoms with E-state index in [9.17, 15) is 4.79 Å². The van der Waals surface area contributed by atoms with E-state index >= 15 is 0 Å². The van der Waals surface area contributed by atoms with Crippen LogP contribution in [0, 0.1) is 12.8 Å². The van der Waals surface area contributed by atoms with E-state index in [2.05, 4.69) is 15.4 Å². The predicted molar refractivity (Wildman–Crippen MR) is 88.0 cm³/mol. The number of aromatic nitrogens is 3.